The Labute approximate surface area is 126 Å². The molecule has 1 heterocycles. The minimum atomic E-state index is -0.952. The fourth-order valence-electron chi connectivity index (χ4n) is 2.96. The van der Waals surface area contributed by atoms with E-state index in [1.54, 1.807) is 31.3 Å². The van der Waals surface area contributed by atoms with Crippen molar-refractivity contribution in [2.75, 3.05) is 7.05 Å². The van der Waals surface area contributed by atoms with E-state index >= 15 is 0 Å². The molecule has 0 spiro atoms. The van der Waals surface area contributed by atoms with Gasteiger partial charge in [0.2, 0.25) is 5.91 Å². The minimum absolute atomic E-state index is 0.161. The van der Waals surface area contributed by atoms with Gasteiger partial charge in [0.1, 0.15) is 12.6 Å². The van der Waals surface area contributed by atoms with Gasteiger partial charge in [-0.2, -0.15) is 0 Å². The Bertz CT molecular complexity index is 750. The van der Waals surface area contributed by atoms with Crippen LogP contribution in [0, 0.1) is 0 Å². The Morgan fingerprint density at radius 3 is 2.77 bits per heavy atom. The minimum Gasteiger partial charge on any atom is -0.408 e. The van der Waals surface area contributed by atoms with Crippen molar-refractivity contribution >= 4 is 17.0 Å². The van der Waals surface area contributed by atoms with Gasteiger partial charge >= 0.3 is 5.76 Å². The molecule has 0 saturated heterocycles. The molecule has 1 aliphatic rings. The monoisotopic (exact) mass is 306 g/mol. The lowest BCUT2D eigenvalue weighted by molar-refractivity contribution is -0.135. The Kier molecular flexibility index (Phi) is 3.76. The average molecular weight is 306 g/mol. The van der Waals surface area contributed by atoms with Crippen LogP contribution < -0.4 is 5.76 Å². The predicted molar refractivity (Wildman–Crippen MR) is 78.3 cm³/mol. The van der Waals surface area contributed by atoms with Crippen LogP contribution in [0.1, 0.15) is 12.8 Å². The number of carbonyl (C=O) groups excluding carboxylic acids is 1. The lowest BCUT2D eigenvalue weighted by atomic mass is 10.2. The number of aliphatic hydroxyl groups excluding tert-OH is 2. The number of para-hydroxylation sites is 2. The first kappa shape index (κ1) is 14.8. The lowest BCUT2D eigenvalue weighted by Gasteiger charge is -2.27. The molecule has 1 amide bonds. The standard InChI is InChI=1S/C15H18N2O5/c1-16(10-6-7-11(18)14(10)20)13(19)8-17-9-4-2-3-5-12(9)22-15(17)21/h2-5,10-11,14,18,20H,6-8H2,1H3/t10-,11-,14-/m1/s1. The number of aliphatic hydroxyl groups is 2. The van der Waals surface area contributed by atoms with Crippen LogP contribution in [0.3, 0.4) is 0 Å². The number of oxazole rings is 1. The van der Waals surface area contributed by atoms with Crippen LogP contribution in [0.15, 0.2) is 33.5 Å². The number of carbonyl (C=O) groups is 1. The van der Waals surface area contributed by atoms with Gasteiger partial charge in [0.15, 0.2) is 5.58 Å². The van der Waals surface area contributed by atoms with Gasteiger partial charge in [0.05, 0.1) is 17.7 Å². The molecule has 1 aromatic heterocycles. The van der Waals surface area contributed by atoms with E-state index in [-0.39, 0.29) is 12.5 Å². The Morgan fingerprint density at radius 2 is 2.09 bits per heavy atom. The zero-order valence-electron chi connectivity index (χ0n) is 12.2. The second-order valence-corrected chi connectivity index (χ2v) is 5.63. The maximum absolute atomic E-state index is 12.4. The second-order valence-electron chi connectivity index (χ2n) is 5.63. The van der Waals surface area contributed by atoms with Crippen molar-refractivity contribution in [2.24, 2.45) is 0 Å². The first-order chi connectivity index (χ1) is 10.5. The van der Waals surface area contributed by atoms with Gasteiger partial charge in [-0.05, 0) is 25.0 Å². The van der Waals surface area contributed by atoms with Crippen LogP contribution in [-0.2, 0) is 11.3 Å². The molecule has 1 fully saturated rings. The summed E-state index contributed by atoms with van der Waals surface area (Å²) in [6.07, 6.45) is -0.770. The first-order valence-electron chi connectivity index (χ1n) is 7.19. The third-order valence-electron chi connectivity index (χ3n) is 4.30. The number of amides is 1. The molecular weight excluding hydrogens is 288 g/mol. The molecule has 0 radical (unpaired) electrons. The van der Waals surface area contributed by atoms with Crippen molar-refractivity contribution in [3.05, 3.63) is 34.8 Å². The van der Waals surface area contributed by atoms with Crippen LogP contribution in [0.5, 0.6) is 0 Å². The highest BCUT2D eigenvalue weighted by molar-refractivity contribution is 5.79. The molecule has 2 aromatic rings. The van der Waals surface area contributed by atoms with Gasteiger partial charge in [0.25, 0.3) is 0 Å². The molecule has 3 atom stereocenters. The van der Waals surface area contributed by atoms with E-state index < -0.39 is 24.0 Å². The third kappa shape index (κ3) is 2.42. The van der Waals surface area contributed by atoms with Crippen LogP contribution in [0.2, 0.25) is 0 Å². The van der Waals surface area contributed by atoms with Gasteiger partial charge in [-0.15, -0.1) is 0 Å². The lowest BCUT2D eigenvalue weighted by Crippen LogP contribution is -2.45. The molecule has 3 rings (SSSR count). The quantitative estimate of drug-likeness (QED) is 0.828. The summed E-state index contributed by atoms with van der Waals surface area (Å²) in [6.45, 7) is -0.161. The van der Waals surface area contributed by atoms with E-state index in [0.29, 0.717) is 23.9 Å². The Hall–Kier alpha value is -2.12. The molecule has 0 aliphatic heterocycles. The predicted octanol–water partition coefficient (Wildman–Crippen LogP) is -0.0629. The van der Waals surface area contributed by atoms with Crippen molar-refractivity contribution in [3.8, 4) is 0 Å². The number of nitrogens with zero attached hydrogens (tertiary/aromatic N) is 2. The van der Waals surface area contributed by atoms with E-state index in [2.05, 4.69) is 0 Å². The number of hydrogen-bond acceptors (Lipinski definition) is 5. The van der Waals surface area contributed by atoms with Gasteiger partial charge in [-0.3, -0.25) is 9.36 Å². The van der Waals surface area contributed by atoms with Gasteiger partial charge in [-0.1, -0.05) is 12.1 Å². The molecule has 0 unspecified atom stereocenters. The van der Waals surface area contributed by atoms with Crippen LogP contribution >= 0.6 is 0 Å². The molecule has 1 aliphatic carbocycles. The number of fused-ring (bicyclic) bond motifs is 1. The molecular formula is C15H18N2O5. The van der Waals surface area contributed by atoms with Crippen molar-refractivity contribution in [3.63, 3.8) is 0 Å². The normalized spacial score (nSPS) is 24.8. The van der Waals surface area contributed by atoms with Gasteiger partial charge < -0.3 is 19.5 Å². The fourth-order valence-corrected chi connectivity index (χ4v) is 2.96. The molecule has 1 aromatic carbocycles. The molecule has 0 bridgehead atoms. The zero-order chi connectivity index (χ0) is 15.9. The van der Waals surface area contributed by atoms with Crippen molar-refractivity contribution in [1.82, 2.24) is 9.47 Å². The van der Waals surface area contributed by atoms with Crippen LogP contribution in [0.25, 0.3) is 11.1 Å². The van der Waals surface area contributed by atoms with Crippen molar-refractivity contribution in [1.29, 1.82) is 0 Å². The maximum Gasteiger partial charge on any atom is 0.420 e. The summed E-state index contributed by atoms with van der Waals surface area (Å²) >= 11 is 0. The smallest absolute Gasteiger partial charge is 0.408 e. The molecule has 2 N–H and O–H groups in total. The second kappa shape index (κ2) is 5.58. The van der Waals surface area contributed by atoms with Crippen molar-refractivity contribution < 1.29 is 19.4 Å². The molecule has 22 heavy (non-hydrogen) atoms. The molecule has 7 nitrogen and oxygen atoms in total. The van der Waals surface area contributed by atoms with E-state index in [0.717, 1.165) is 0 Å². The largest absolute Gasteiger partial charge is 0.420 e. The van der Waals surface area contributed by atoms with Crippen molar-refractivity contribution in [2.45, 2.75) is 37.6 Å². The molecule has 118 valence electrons. The molecule has 1 saturated carbocycles. The summed E-state index contributed by atoms with van der Waals surface area (Å²) in [6, 6.07) is 6.45. The van der Waals surface area contributed by atoms with Crippen LogP contribution in [0.4, 0.5) is 0 Å². The summed E-state index contributed by atoms with van der Waals surface area (Å²) in [7, 11) is 1.57. The number of benzene rings is 1. The first-order valence-corrected chi connectivity index (χ1v) is 7.19. The Balaban J connectivity index is 1.81. The van der Waals surface area contributed by atoms with Gasteiger partial charge in [0, 0.05) is 7.05 Å². The number of aromatic nitrogens is 1. The summed E-state index contributed by atoms with van der Waals surface area (Å²) in [5.74, 6) is -0.901. The van der Waals surface area contributed by atoms with E-state index in [9.17, 15) is 19.8 Å². The topological polar surface area (TPSA) is 95.9 Å². The number of rotatable bonds is 3. The SMILES string of the molecule is CN(C(=O)Cn1c(=O)oc2ccccc21)[C@@H]1CC[C@@H](O)[C@@H]1O. The number of likely N-dealkylation sites (N-methyl/N-ethyl adjacent to an activating group) is 1. The Morgan fingerprint density at radius 1 is 1.36 bits per heavy atom. The summed E-state index contributed by atoms with van der Waals surface area (Å²) in [4.78, 5) is 25.6. The summed E-state index contributed by atoms with van der Waals surface area (Å²) in [5, 5.41) is 19.5. The molecule has 7 heteroatoms. The fraction of sp³-hybridized carbons (Fsp3) is 0.467. The van der Waals surface area contributed by atoms with Crippen LogP contribution in [-0.4, -0.2) is 50.9 Å². The van der Waals surface area contributed by atoms with Gasteiger partial charge in [-0.25, -0.2) is 4.79 Å². The zero-order valence-corrected chi connectivity index (χ0v) is 12.2. The number of hydrogen-bond donors (Lipinski definition) is 2. The highest BCUT2D eigenvalue weighted by Crippen LogP contribution is 2.24. The van der Waals surface area contributed by atoms with E-state index in [4.69, 9.17) is 4.42 Å². The highest BCUT2D eigenvalue weighted by Gasteiger charge is 2.37. The van der Waals surface area contributed by atoms with E-state index in [1.165, 1.54) is 9.47 Å². The summed E-state index contributed by atoms with van der Waals surface area (Å²) in [5.41, 5.74) is 0.987. The van der Waals surface area contributed by atoms with E-state index in [1.807, 2.05) is 0 Å². The maximum atomic E-state index is 12.4. The summed E-state index contributed by atoms with van der Waals surface area (Å²) < 4.78 is 6.36. The third-order valence-corrected chi connectivity index (χ3v) is 4.30. The average Bonchev–Trinajstić information content (AvgIpc) is 3.00. The highest BCUT2D eigenvalue weighted by atomic mass is 16.4.